The summed E-state index contributed by atoms with van der Waals surface area (Å²) in [6.07, 6.45) is 0. The SMILES string of the molecule is COc1ccc(COCC(CBr)C(C)C)cc1. The van der Waals surface area contributed by atoms with Gasteiger partial charge in [0, 0.05) is 5.33 Å². The zero-order valence-corrected chi connectivity index (χ0v) is 12.4. The van der Waals surface area contributed by atoms with Gasteiger partial charge in [-0.15, -0.1) is 0 Å². The first-order valence-corrected chi connectivity index (χ1v) is 7.06. The molecule has 0 fully saturated rings. The Kier molecular flexibility index (Phi) is 6.60. The quantitative estimate of drug-likeness (QED) is 0.712. The molecule has 0 aliphatic heterocycles. The van der Waals surface area contributed by atoms with E-state index in [1.54, 1.807) is 7.11 Å². The number of benzene rings is 1. The Bertz CT molecular complexity index is 309. The third-order valence-electron chi connectivity index (χ3n) is 2.90. The van der Waals surface area contributed by atoms with Crippen LogP contribution in [0.25, 0.3) is 0 Å². The lowest BCUT2D eigenvalue weighted by molar-refractivity contribution is 0.0800. The van der Waals surface area contributed by atoms with Crippen LogP contribution in [0.4, 0.5) is 0 Å². The van der Waals surface area contributed by atoms with Crippen molar-refractivity contribution in [3.8, 4) is 5.75 Å². The summed E-state index contributed by atoms with van der Waals surface area (Å²) >= 11 is 3.53. The number of alkyl halides is 1. The predicted molar refractivity (Wildman–Crippen MR) is 74.8 cm³/mol. The molecule has 1 aromatic carbocycles. The summed E-state index contributed by atoms with van der Waals surface area (Å²) in [5, 5.41) is 0.993. The van der Waals surface area contributed by atoms with Crippen LogP contribution in [-0.4, -0.2) is 19.0 Å². The normalized spacial score (nSPS) is 12.8. The summed E-state index contributed by atoms with van der Waals surface area (Å²) in [5.41, 5.74) is 1.18. The van der Waals surface area contributed by atoms with Gasteiger partial charge in [0.25, 0.3) is 0 Å². The standard InChI is InChI=1S/C14H21BrO2/c1-11(2)13(8-15)10-17-9-12-4-6-14(16-3)7-5-12/h4-7,11,13H,8-10H2,1-3H3. The van der Waals surface area contributed by atoms with E-state index >= 15 is 0 Å². The van der Waals surface area contributed by atoms with Crippen molar-refractivity contribution in [1.82, 2.24) is 0 Å². The molecule has 0 aliphatic carbocycles. The Hall–Kier alpha value is -0.540. The zero-order chi connectivity index (χ0) is 12.7. The first-order valence-electron chi connectivity index (χ1n) is 5.94. The van der Waals surface area contributed by atoms with Crippen molar-refractivity contribution >= 4 is 15.9 Å². The van der Waals surface area contributed by atoms with E-state index in [4.69, 9.17) is 9.47 Å². The van der Waals surface area contributed by atoms with Gasteiger partial charge in [-0.1, -0.05) is 41.9 Å². The van der Waals surface area contributed by atoms with Crippen LogP contribution in [0.3, 0.4) is 0 Å². The fourth-order valence-electron chi connectivity index (χ4n) is 1.47. The molecule has 0 radical (unpaired) electrons. The first kappa shape index (κ1) is 14.5. The van der Waals surface area contributed by atoms with Crippen LogP contribution in [0.2, 0.25) is 0 Å². The highest BCUT2D eigenvalue weighted by atomic mass is 79.9. The number of ether oxygens (including phenoxy) is 2. The molecule has 0 bridgehead atoms. The third-order valence-corrected chi connectivity index (χ3v) is 3.73. The molecule has 0 aromatic heterocycles. The maximum absolute atomic E-state index is 5.74. The highest BCUT2D eigenvalue weighted by molar-refractivity contribution is 9.09. The van der Waals surface area contributed by atoms with E-state index < -0.39 is 0 Å². The molecule has 1 unspecified atom stereocenters. The lowest BCUT2D eigenvalue weighted by atomic mass is 9.99. The maximum atomic E-state index is 5.74. The Morgan fingerprint density at radius 3 is 2.29 bits per heavy atom. The van der Waals surface area contributed by atoms with E-state index in [-0.39, 0.29) is 0 Å². The minimum Gasteiger partial charge on any atom is -0.497 e. The molecule has 0 spiro atoms. The topological polar surface area (TPSA) is 18.5 Å². The molecule has 0 heterocycles. The van der Waals surface area contributed by atoms with Gasteiger partial charge in [-0.25, -0.2) is 0 Å². The van der Waals surface area contributed by atoms with Gasteiger partial charge in [0.2, 0.25) is 0 Å². The lowest BCUT2D eigenvalue weighted by Gasteiger charge is -2.18. The summed E-state index contributed by atoms with van der Waals surface area (Å²) in [4.78, 5) is 0. The van der Waals surface area contributed by atoms with Gasteiger partial charge in [-0.2, -0.15) is 0 Å². The average molecular weight is 301 g/mol. The molecule has 0 aliphatic rings. The summed E-state index contributed by atoms with van der Waals surface area (Å²) < 4.78 is 10.9. The summed E-state index contributed by atoms with van der Waals surface area (Å²) in [5.74, 6) is 2.10. The fourth-order valence-corrected chi connectivity index (χ4v) is 2.40. The smallest absolute Gasteiger partial charge is 0.118 e. The van der Waals surface area contributed by atoms with Crippen LogP contribution in [0.15, 0.2) is 24.3 Å². The monoisotopic (exact) mass is 300 g/mol. The Balaban J connectivity index is 2.34. The van der Waals surface area contributed by atoms with Gasteiger partial charge in [-0.3, -0.25) is 0 Å². The van der Waals surface area contributed by atoms with E-state index in [0.717, 1.165) is 17.7 Å². The minimum atomic E-state index is 0.577. The van der Waals surface area contributed by atoms with E-state index in [9.17, 15) is 0 Å². The number of rotatable bonds is 7. The summed E-state index contributed by atoms with van der Waals surface area (Å²) in [6.45, 7) is 5.92. The second-order valence-corrected chi connectivity index (χ2v) is 5.17. The van der Waals surface area contributed by atoms with Crippen molar-refractivity contribution in [1.29, 1.82) is 0 Å². The molecule has 0 amide bonds. The van der Waals surface area contributed by atoms with Crippen LogP contribution >= 0.6 is 15.9 Å². The van der Waals surface area contributed by atoms with Crippen LogP contribution in [-0.2, 0) is 11.3 Å². The van der Waals surface area contributed by atoms with Crippen LogP contribution in [0.5, 0.6) is 5.75 Å². The molecular formula is C14H21BrO2. The molecule has 1 rings (SSSR count). The van der Waals surface area contributed by atoms with Gasteiger partial charge < -0.3 is 9.47 Å². The summed E-state index contributed by atoms with van der Waals surface area (Å²) in [7, 11) is 1.68. The third kappa shape index (κ3) is 5.09. The van der Waals surface area contributed by atoms with E-state index in [1.165, 1.54) is 5.56 Å². The molecule has 1 aromatic rings. The molecule has 1 atom stereocenters. The van der Waals surface area contributed by atoms with E-state index in [0.29, 0.717) is 18.4 Å². The molecule has 17 heavy (non-hydrogen) atoms. The second-order valence-electron chi connectivity index (χ2n) is 4.52. The highest BCUT2D eigenvalue weighted by Crippen LogP contribution is 2.16. The molecular weight excluding hydrogens is 280 g/mol. The largest absolute Gasteiger partial charge is 0.497 e. The number of hydrogen-bond donors (Lipinski definition) is 0. The van der Waals surface area contributed by atoms with Gasteiger partial charge in [0.1, 0.15) is 5.75 Å². The number of halogens is 1. The number of hydrogen-bond acceptors (Lipinski definition) is 2. The van der Waals surface area contributed by atoms with E-state index in [2.05, 4.69) is 29.8 Å². The lowest BCUT2D eigenvalue weighted by Crippen LogP contribution is -2.17. The van der Waals surface area contributed by atoms with Crippen molar-refractivity contribution in [3.05, 3.63) is 29.8 Å². The first-order chi connectivity index (χ1) is 8.17. The van der Waals surface area contributed by atoms with Crippen molar-refractivity contribution in [2.24, 2.45) is 11.8 Å². The number of methoxy groups -OCH3 is 1. The minimum absolute atomic E-state index is 0.577. The molecule has 0 N–H and O–H groups in total. The van der Waals surface area contributed by atoms with Crippen molar-refractivity contribution in [3.63, 3.8) is 0 Å². The van der Waals surface area contributed by atoms with Crippen LogP contribution < -0.4 is 4.74 Å². The highest BCUT2D eigenvalue weighted by Gasteiger charge is 2.11. The van der Waals surface area contributed by atoms with Gasteiger partial charge in [-0.05, 0) is 29.5 Å². The molecule has 0 saturated heterocycles. The predicted octanol–water partition coefficient (Wildman–Crippen LogP) is 3.88. The molecule has 2 nitrogen and oxygen atoms in total. The van der Waals surface area contributed by atoms with Gasteiger partial charge >= 0.3 is 0 Å². The maximum Gasteiger partial charge on any atom is 0.118 e. The van der Waals surface area contributed by atoms with Gasteiger partial charge in [0.05, 0.1) is 20.3 Å². The van der Waals surface area contributed by atoms with Crippen molar-refractivity contribution < 1.29 is 9.47 Å². The molecule has 3 heteroatoms. The van der Waals surface area contributed by atoms with E-state index in [1.807, 2.05) is 24.3 Å². The average Bonchev–Trinajstić information content (AvgIpc) is 2.35. The van der Waals surface area contributed by atoms with Crippen LogP contribution in [0.1, 0.15) is 19.4 Å². The van der Waals surface area contributed by atoms with Gasteiger partial charge in [0.15, 0.2) is 0 Å². The Morgan fingerprint density at radius 2 is 1.82 bits per heavy atom. The van der Waals surface area contributed by atoms with Crippen LogP contribution in [0, 0.1) is 11.8 Å². The van der Waals surface area contributed by atoms with Crippen molar-refractivity contribution in [2.45, 2.75) is 20.5 Å². The summed E-state index contributed by atoms with van der Waals surface area (Å²) in [6, 6.07) is 8.00. The van der Waals surface area contributed by atoms with Crippen molar-refractivity contribution in [2.75, 3.05) is 19.0 Å². The molecule has 0 saturated carbocycles. The molecule has 96 valence electrons. The second kappa shape index (κ2) is 7.72. The zero-order valence-electron chi connectivity index (χ0n) is 10.8. The Labute approximate surface area is 112 Å². The Morgan fingerprint density at radius 1 is 1.18 bits per heavy atom. The fraction of sp³-hybridized carbons (Fsp3) is 0.571.